The molecular formula is C35H40Cl2N4O10. The maximum absolute atomic E-state index is 14.3. The SMILES string of the molecule is CCCOc1c(Cl)cc([C@@H](O)[C@@H]2NC(=O)[C@H](NC(C)=O)c3cc(c(OC)cc3OC)-c3c(OC)cc(OC)cc3[C@@H](C(=O)NC)NC2=O)cc1Cl. The first kappa shape index (κ1) is 38.9. The number of aliphatic hydroxyl groups is 1. The van der Waals surface area contributed by atoms with Crippen LogP contribution in [0.3, 0.4) is 0 Å². The molecule has 51 heavy (non-hydrogen) atoms. The van der Waals surface area contributed by atoms with E-state index in [-0.39, 0.29) is 61.0 Å². The van der Waals surface area contributed by atoms with Crippen molar-refractivity contribution < 1.29 is 48.0 Å². The highest BCUT2D eigenvalue weighted by Crippen LogP contribution is 2.47. The molecule has 5 N–H and O–H groups in total. The van der Waals surface area contributed by atoms with Crippen molar-refractivity contribution in [2.75, 3.05) is 42.1 Å². The number of ether oxygens (including phenoxy) is 5. The van der Waals surface area contributed by atoms with Crippen molar-refractivity contribution in [1.82, 2.24) is 21.3 Å². The molecule has 16 heteroatoms. The Morgan fingerprint density at radius 1 is 0.863 bits per heavy atom. The summed E-state index contributed by atoms with van der Waals surface area (Å²) >= 11 is 13.0. The molecule has 3 aromatic carbocycles. The minimum atomic E-state index is -1.79. The summed E-state index contributed by atoms with van der Waals surface area (Å²) in [7, 11) is 6.99. The zero-order chi connectivity index (χ0) is 37.6. The number of hydrogen-bond acceptors (Lipinski definition) is 10. The lowest BCUT2D eigenvalue weighted by Crippen LogP contribution is -2.54. The van der Waals surface area contributed by atoms with Crippen LogP contribution in [-0.4, -0.2) is 76.9 Å². The second-order valence-corrected chi connectivity index (χ2v) is 12.2. The Kier molecular flexibility index (Phi) is 12.9. The number of rotatable bonds is 11. The maximum atomic E-state index is 14.3. The van der Waals surface area contributed by atoms with E-state index in [1.165, 1.54) is 66.7 Å². The lowest BCUT2D eigenvalue weighted by molar-refractivity contribution is -0.136. The third kappa shape index (κ3) is 8.19. The van der Waals surface area contributed by atoms with Crippen molar-refractivity contribution in [3.05, 3.63) is 63.1 Å². The lowest BCUT2D eigenvalue weighted by atomic mass is 9.89. The molecule has 2 bridgehead atoms. The molecule has 14 nitrogen and oxygen atoms in total. The van der Waals surface area contributed by atoms with E-state index in [0.717, 1.165) is 0 Å². The molecule has 0 spiro atoms. The number of methoxy groups -OCH3 is 4. The zero-order valence-electron chi connectivity index (χ0n) is 29.1. The molecule has 4 atom stereocenters. The van der Waals surface area contributed by atoms with Crippen LogP contribution in [0, 0.1) is 0 Å². The van der Waals surface area contributed by atoms with E-state index < -0.39 is 47.9 Å². The maximum Gasteiger partial charge on any atom is 0.248 e. The summed E-state index contributed by atoms with van der Waals surface area (Å²) in [4.78, 5) is 54.8. The normalized spacial score (nSPS) is 17.6. The van der Waals surface area contributed by atoms with Gasteiger partial charge in [-0.1, -0.05) is 30.1 Å². The molecule has 1 heterocycles. The third-order valence-corrected chi connectivity index (χ3v) is 8.68. The molecule has 4 rings (SSSR count). The van der Waals surface area contributed by atoms with Crippen LogP contribution in [0.1, 0.15) is 55.1 Å². The molecule has 1 aliphatic rings. The average molecular weight is 748 g/mol. The van der Waals surface area contributed by atoms with Gasteiger partial charge in [0.15, 0.2) is 5.75 Å². The lowest BCUT2D eigenvalue weighted by Gasteiger charge is -2.31. The molecule has 274 valence electrons. The van der Waals surface area contributed by atoms with Gasteiger partial charge in [0.05, 0.1) is 45.1 Å². The van der Waals surface area contributed by atoms with Gasteiger partial charge in [-0.25, -0.2) is 0 Å². The number of fused-ring (bicyclic) bond motifs is 4. The number of carbonyl (C=O) groups is 4. The van der Waals surface area contributed by atoms with Crippen LogP contribution in [0.2, 0.25) is 10.0 Å². The first-order valence-electron chi connectivity index (χ1n) is 15.7. The summed E-state index contributed by atoms with van der Waals surface area (Å²) in [6.07, 6.45) is -1.11. The first-order valence-corrected chi connectivity index (χ1v) is 16.5. The Morgan fingerprint density at radius 3 is 2.06 bits per heavy atom. The van der Waals surface area contributed by atoms with Gasteiger partial charge < -0.3 is 50.1 Å². The highest BCUT2D eigenvalue weighted by molar-refractivity contribution is 6.37. The molecule has 0 radical (unpaired) electrons. The monoisotopic (exact) mass is 746 g/mol. The largest absolute Gasteiger partial charge is 0.497 e. The molecule has 0 saturated heterocycles. The van der Waals surface area contributed by atoms with E-state index in [1.54, 1.807) is 12.1 Å². The molecule has 1 aliphatic heterocycles. The molecule has 0 saturated carbocycles. The van der Waals surface area contributed by atoms with Crippen molar-refractivity contribution in [2.24, 2.45) is 0 Å². The third-order valence-electron chi connectivity index (χ3n) is 8.12. The quantitative estimate of drug-likeness (QED) is 0.194. The van der Waals surface area contributed by atoms with Gasteiger partial charge in [0.1, 0.15) is 47.2 Å². The highest BCUT2D eigenvalue weighted by atomic mass is 35.5. The van der Waals surface area contributed by atoms with Crippen molar-refractivity contribution >= 4 is 46.8 Å². The highest BCUT2D eigenvalue weighted by Gasteiger charge is 2.39. The van der Waals surface area contributed by atoms with E-state index >= 15 is 0 Å². The fraction of sp³-hybridized carbons (Fsp3) is 0.371. The number of nitrogens with one attached hydrogen (secondary N) is 4. The van der Waals surface area contributed by atoms with Gasteiger partial charge in [-0.15, -0.1) is 0 Å². The summed E-state index contributed by atoms with van der Waals surface area (Å²) in [6.45, 7) is 3.43. The van der Waals surface area contributed by atoms with Gasteiger partial charge in [-0.2, -0.15) is 0 Å². The van der Waals surface area contributed by atoms with Gasteiger partial charge >= 0.3 is 0 Å². The number of halogens is 2. The van der Waals surface area contributed by atoms with Crippen LogP contribution < -0.4 is 45.0 Å². The summed E-state index contributed by atoms with van der Waals surface area (Å²) < 4.78 is 28.3. The summed E-state index contributed by atoms with van der Waals surface area (Å²) in [5.41, 5.74) is 1.00. The minimum Gasteiger partial charge on any atom is -0.497 e. The smallest absolute Gasteiger partial charge is 0.248 e. The molecule has 3 aromatic rings. The summed E-state index contributed by atoms with van der Waals surface area (Å²) in [5, 5.41) is 22.3. The van der Waals surface area contributed by atoms with E-state index in [0.29, 0.717) is 18.6 Å². The van der Waals surface area contributed by atoms with Crippen LogP contribution in [0.5, 0.6) is 28.7 Å². The van der Waals surface area contributed by atoms with Crippen molar-refractivity contribution in [3.8, 4) is 39.9 Å². The number of aliphatic hydroxyl groups excluding tert-OH is 1. The van der Waals surface area contributed by atoms with Crippen molar-refractivity contribution in [1.29, 1.82) is 0 Å². The van der Waals surface area contributed by atoms with Gasteiger partial charge in [0.25, 0.3) is 0 Å². The summed E-state index contributed by atoms with van der Waals surface area (Å²) in [6, 6.07) is 4.17. The zero-order valence-corrected chi connectivity index (χ0v) is 30.6. The Morgan fingerprint density at radius 2 is 1.51 bits per heavy atom. The van der Waals surface area contributed by atoms with E-state index in [1.807, 2.05) is 6.92 Å². The Bertz CT molecular complexity index is 1800. The molecule has 4 amide bonds. The topological polar surface area (TPSA) is 183 Å². The van der Waals surface area contributed by atoms with Crippen molar-refractivity contribution in [3.63, 3.8) is 0 Å². The van der Waals surface area contributed by atoms with Gasteiger partial charge in [0, 0.05) is 42.8 Å². The molecular weight excluding hydrogens is 707 g/mol. The molecule has 0 aromatic heterocycles. The van der Waals surface area contributed by atoms with Crippen LogP contribution in [0.4, 0.5) is 0 Å². The summed E-state index contributed by atoms with van der Waals surface area (Å²) in [5.74, 6) is -2.09. The predicted octanol–water partition coefficient (Wildman–Crippen LogP) is 3.80. The van der Waals surface area contributed by atoms with Crippen LogP contribution in [0.25, 0.3) is 11.1 Å². The fourth-order valence-corrected chi connectivity index (χ4v) is 6.32. The molecule has 0 aliphatic carbocycles. The number of amides is 4. The van der Waals surface area contributed by atoms with Crippen molar-refractivity contribution in [2.45, 2.75) is 44.5 Å². The van der Waals surface area contributed by atoms with E-state index in [2.05, 4.69) is 21.3 Å². The van der Waals surface area contributed by atoms with E-state index in [9.17, 15) is 24.3 Å². The van der Waals surface area contributed by atoms with Crippen LogP contribution >= 0.6 is 23.2 Å². The second kappa shape index (κ2) is 16.9. The standard InChI is InChI=1S/C35H40Cl2N4O10/c1-8-9-51-32-22(36)10-17(11-23(32)37)31(43)30-35(46)40-29(33(44)38-3)21-12-18(47-4)13-26(50-7)27(21)19-14-20(25(49-6)15-24(19)48-5)28(34(45)41-30)39-16(2)42/h10-15,28-31,43H,8-9H2,1-7H3,(H,38,44)(H,39,42)(H,40,46)(H,41,45)/t28-,29+,30+,31-/m1/s1. The number of benzene rings is 3. The molecule has 0 unspecified atom stereocenters. The predicted molar refractivity (Wildman–Crippen MR) is 189 cm³/mol. The van der Waals surface area contributed by atoms with Crippen LogP contribution in [0.15, 0.2) is 36.4 Å². The number of carbonyl (C=O) groups excluding carboxylic acids is 4. The minimum absolute atomic E-state index is 0.0435. The second-order valence-electron chi connectivity index (χ2n) is 11.4. The number of hydrogen-bond donors (Lipinski definition) is 5. The van der Waals surface area contributed by atoms with Gasteiger partial charge in [-0.3, -0.25) is 19.2 Å². The molecule has 0 fully saturated rings. The fourth-order valence-electron chi connectivity index (χ4n) is 5.71. The average Bonchev–Trinajstić information content (AvgIpc) is 3.12. The number of likely N-dealkylation sites (N-methyl/N-ethyl adjacent to an activating group) is 1. The Balaban J connectivity index is 2.07. The Labute approximate surface area is 305 Å². The van der Waals surface area contributed by atoms with E-state index in [4.69, 9.17) is 46.9 Å². The van der Waals surface area contributed by atoms with Gasteiger partial charge in [-0.05, 0) is 41.8 Å². The van der Waals surface area contributed by atoms with Crippen LogP contribution in [-0.2, 0) is 19.2 Å². The first-order chi connectivity index (χ1) is 24.3. The Hall–Kier alpha value is -4.92. The van der Waals surface area contributed by atoms with Gasteiger partial charge in [0.2, 0.25) is 23.6 Å².